The van der Waals surface area contributed by atoms with Crippen molar-refractivity contribution < 1.29 is 9.94 Å². The molecule has 0 radical (unpaired) electrons. The number of oxime groups is 1. The highest BCUT2D eigenvalue weighted by Gasteiger charge is 2.26. The van der Waals surface area contributed by atoms with E-state index in [0.29, 0.717) is 5.92 Å². The molecule has 4 nitrogen and oxygen atoms in total. The van der Waals surface area contributed by atoms with Crippen LogP contribution in [0.4, 0.5) is 0 Å². The van der Waals surface area contributed by atoms with Crippen molar-refractivity contribution in [2.24, 2.45) is 22.7 Å². The van der Waals surface area contributed by atoms with E-state index in [0.717, 1.165) is 18.8 Å². The summed E-state index contributed by atoms with van der Waals surface area (Å²) in [5.41, 5.74) is 5.47. The van der Waals surface area contributed by atoms with Gasteiger partial charge in [0, 0.05) is 0 Å². The second kappa shape index (κ2) is 5.35. The standard InChI is InChI=1S/C11H22N2O2/c1-7-4-5-10(6-8(7)2)15-9(3)11(12)13-14/h7-10,14H,4-6H2,1-3H3,(H2,12,13). The van der Waals surface area contributed by atoms with Gasteiger partial charge in [0.2, 0.25) is 0 Å². The third kappa shape index (κ3) is 3.38. The summed E-state index contributed by atoms with van der Waals surface area (Å²) in [5.74, 6) is 1.63. The predicted octanol–water partition coefficient (Wildman–Crippen LogP) is 1.96. The normalized spacial score (nSPS) is 35.1. The number of hydrogen-bond acceptors (Lipinski definition) is 3. The smallest absolute Gasteiger partial charge is 0.168 e. The summed E-state index contributed by atoms with van der Waals surface area (Å²) in [6.07, 6.45) is 3.32. The molecule has 0 aliphatic heterocycles. The molecule has 1 saturated carbocycles. The van der Waals surface area contributed by atoms with E-state index in [1.165, 1.54) is 6.42 Å². The number of nitrogens with two attached hydrogens (primary N) is 1. The van der Waals surface area contributed by atoms with Crippen LogP contribution in [0.2, 0.25) is 0 Å². The largest absolute Gasteiger partial charge is 0.409 e. The average Bonchev–Trinajstić information content (AvgIpc) is 2.22. The van der Waals surface area contributed by atoms with Crippen LogP contribution in [-0.4, -0.2) is 23.3 Å². The van der Waals surface area contributed by atoms with Crippen molar-refractivity contribution in [3.8, 4) is 0 Å². The highest BCUT2D eigenvalue weighted by Crippen LogP contribution is 2.31. The lowest BCUT2D eigenvalue weighted by Gasteiger charge is -2.33. The monoisotopic (exact) mass is 214 g/mol. The maximum atomic E-state index is 8.51. The molecule has 0 heterocycles. The second-order valence-electron chi connectivity index (χ2n) is 4.69. The summed E-state index contributed by atoms with van der Waals surface area (Å²) in [7, 11) is 0. The van der Waals surface area contributed by atoms with Crippen molar-refractivity contribution in [2.75, 3.05) is 0 Å². The van der Waals surface area contributed by atoms with Crippen LogP contribution in [0.25, 0.3) is 0 Å². The Morgan fingerprint density at radius 3 is 2.60 bits per heavy atom. The van der Waals surface area contributed by atoms with E-state index >= 15 is 0 Å². The first kappa shape index (κ1) is 12.3. The molecule has 1 aliphatic rings. The van der Waals surface area contributed by atoms with Crippen molar-refractivity contribution in [1.82, 2.24) is 0 Å². The van der Waals surface area contributed by atoms with Crippen LogP contribution >= 0.6 is 0 Å². The van der Waals surface area contributed by atoms with Gasteiger partial charge in [-0.25, -0.2) is 0 Å². The molecule has 4 heteroatoms. The SMILES string of the molecule is CC(OC1CCC(C)C(C)C1)C(N)=NO. The molecular weight excluding hydrogens is 192 g/mol. The van der Waals surface area contributed by atoms with Crippen LogP contribution in [0.15, 0.2) is 5.16 Å². The maximum absolute atomic E-state index is 8.51. The Labute approximate surface area is 91.5 Å². The maximum Gasteiger partial charge on any atom is 0.168 e. The Kier molecular flexibility index (Phi) is 4.39. The minimum absolute atomic E-state index is 0.154. The number of hydrogen-bond donors (Lipinski definition) is 2. The first-order chi connectivity index (χ1) is 7.04. The van der Waals surface area contributed by atoms with Gasteiger partial charge in [-0.1, -0.05) is 19.0 Å². The third-order valence-corrected chi connectivity index (χ3v) is 3.48. The zero-order valence-electron chi connectivity index (χ0n) is 9.81. The molecule has 0 aromatic heterocycles. The van der Waals surface area contributed by atoms with Crippen LogP contribution in [0, 0.1) is 11.8 Å². The lowest BCUT2D eigenvalue weighted by Crippen LogP contribution is -2.35. The molecule has 4 atom stereocenters. The highest BCUT2D eigenvalue weighted by atomic mass is 16.5. The summed E-state index contributed by atoms with van der Waals surface area (Å²) in [4.78, 5) is 0. The molecule has 15 heavy (non-hydrogen) atoms. The molecule has 0 amide bonds. The van der Waals surface area contributed by atoms with Crippen LogP contribution < -0.4 is 5.73 Å². The molecule has 4 unspecified atom stereocenters. The Morgan fingerprint density at radius 1 is 1.40 bits per heavy atom. The van der Waals surface area contributed by atoms with Crippen molar-refractivity contribution in [2.45, 2.75) is 52.2 Å². The van der Waals surface area contributed by atoms with Crippen molar-refractivity contribution in [3.63, 3.8) is 0 Å². The molecule has 88 valence electrons. The Bertz CT molecular complexity index is 231. The van der Waals surface area contributed by atoms with Gasteiger partial charge in [0.25, 0.3) is 0 Å². The number of nitrogens with zero attached hydrogens (tertiary/aromatic N) is 1. The molecule has 1 aliphatic carbocycles. The Morgan fingerprint density at radius 2 is 2.07 bits per heavy atom. The minimum Gasteiger partial charge on any atom is -0.409 e. The zero-order chi connectivity index (χ0) is 11.4. The first-order valence-corrected chi connectivity index (χ1v) is 5.67. The van der Waals surface area contributed by atoms with E-state index in [-0.39, 0.29) is 18.0 Å². The first-order valence-electron chi connectivity index (χ1n) is 5.67. The Balaban J connectivity index is 2.40. The second-order valence-corrected chi connectivity index (χ2v) is 4.69. The molecule has 0 bridgehead atoms. The summed E-state index contributed by atoms with van der Waals surface area (Å²) >= 11 is 0. The lowest BCUT2D eigenvalue weighted by atomic mass is 9.80. The summed E-state index contributed by atoms with van der Waals surface area (Å²) in [6, 6.07) is 0. The van der Waals surface area contributed by atoms with Gasteiger partial charge in [-0.2, -0.15) is 0 Å². The Hall–Kier alpha value is -0.770. The van der Waals surface area contributed by atoms with Gasteiger partial charge in [0.05, 0.1) is 6.10 Å². The molecule has 0 spiro atoms. The molecule has 1 rings (SSSR count). The summed E-state index contributed by atoms with van der Waals surface area (Å²) in [6.45, 7) is 6.36. The summed E-state index contributed by atoms with van der Waals surface area (Å²) in [5, 5.41) is 11.5. The van der Waals surface area contributed by atoms with E-state index in [1.54, 1.807) is 0 Å². The molecule has 3 N–H and O–H groups in total. The predicted molar refractivity (Wildman–Crippen MR) is 59.9 cm³/mol. The highest BCUT2D eigenvalue weighted by molar-refractivity contribution is 5.83. The fourth-order valence-corrected chi connectivity index (χ4v) is 2.06. The van der Waals surface area contributed by atoms with Crippen LogP contribution in [-0.2, 0) is 4.74 Å². The van der Waals surface area contributed by atoms with Gasteiger partial charge in [0.1, 0.15) is 6.10 Å². The molecule has 0 aromatic carbocycles. The topological polar surface area (TPSA) is 67.8 Å². The average molecular weight is 214 g/mol. The van der Waals surface area contributed by atoms with Gasteiger partial charge in [-0.05, 0) is 38.0 Å². The van der Waals surface area contributed by atoms with Gasteiger partial charge < -0.3 is 15.7 Å². The van der Waals surface area contributed by atoms with Crippen LogP contribution in [0.1, 0.15) is 40.0 Å². The van der Waals surface area contributed by atoms with Crippen molar-refractivity contribution in [1.29, 1.82) is 0 Å². The number of ether oxygens (including phenoxy) is 1. The fraction of sp³-hybridized carbons (Fsp3) is 0.909. The van der Waals surface area contributed by atoms with Crippen molar-refractivity contribution >= 4 is 5.84 Å². The van der Waals surface area contributed by atoms with E-state index in [9.17, 15) is 0 Å². The zero-order valence-corrected chi connectivity index (χ0v) is 9.81. The lowest BCUT2D eigenvalue weighted by molar-refractivity contribution is -0.0144. The van der Waals surface area contributed by atoms with E-state index in [4.69, 9.17) is 15.7 Å². The van der Waals surface area contributed by atoms with Gasteiger partial charge in [-0.15, -0.1) is 0 Å². The van der Waals surface area contributed by atoms with Crippen molar-refractivity contribution in [3.05, 3.63) is 0 Å². The van der Waals surface area contributed by atoms with E-state index in [2.05, 4.69) is 19.0 Å². The molecular formula is C11H22N2O2. The van der Waals surface area contributed by atoms with Crippen LogP contribution in [0.3, 0.4) is 0 Å². The van der Waals surface area contributed by atoms with Gasteiger partial charge in [-0.3, -0.25) is 0 Å². The number of amidine groups is 1. The quantitative estimate of drug-likeness (QED) is 0.326. The van der Waals surface area contributed by atoms with Gasteiger partial charge >= 0.3 is 0 Å². The third-order valence-electron chi connectivity index (χ3n) is 3.48. The molecule has 0 saturated heterocycles. The summed E-state index contributed by atoms with van der Waals surface area (Å²) < 4.78 is 5.75. The van der Waals surface area contributed by atoms with Crippen LogP contribution in [0.5, 0.6) is 0 Å². The van der Waals surface area contributed by atoms with E-state index in [1.807, 2.05) is 6.92 Å². The minimum atomic E-state index is -0.291. The van der Waals surface area contributed by atoms with Gasteiger partial charge in [0.15, 0.2) is 5.84 Å². The molecule has 0 aromatic rings. The number of rotatable bonds is 3. The molecule has 1 fully saturated rings. The fourth-order valence-electron chi connectivity index (χ4n) is 2.06. The van der Waals surface area contributed by atoms with E-state index < -0.39 is 0 Å².